The summed E-state index contributed by atoms with van der Waals surface area (Å²) in [7, 11) is 3.18. The molecule has 9 nitrogen and oxygen atoms in total. The van der Waals surface area contributed by atoms with Crippen molar-refractivity contribution in [2.24, 2.45) is 5.73 Å². The number of carbonyl (C=O) groups excluding carboxylic acids is 2. The summed E-state index contributed by atoms with van der Waals surface area (Å²) >= 11 is 0. The van der Waals surface area contributed by atoms with E-state index in [0.717, 1.165) is 18.7 Å². The average molecular weight is 380 g/mol. The Balaban J connectivity index is 2.09. The molecule has 0 aromatic heterocycles. The van der Waals surface area contributed by atoms with Crippen molar-refractivity contribution >= 4 is 11.8 Å². The van der Waals surface area contributed by atoms with Crippen molar-refractivity contribution in [3.8, 4) is 11.5 Å². The van der Waals surface area contributed by atoms with E-state index in [-0.39, 0.29) is 30.9 Å². The van der Waals surface area contributed by atoms with Gasteiger partial charge in [-0.2, -0.15) is 0 Å². The zero-order chi connectivity index (χ0) is 19.6. The van der Waals surface area contributed by atoms with Crippen LogP contribution in [0.5, 0.6) is 11.5 Å². The lowest BCUT2D eigenvalue weighted by Crippen LogP contribution is -2.46. The van der Waals surface area contributed by atoms with Crippen LogP contribution in [0.15, 0.2) is 18.2 Å². The Morgan fingerprint density at radius 3 is 2.48 bits per heavy atom. The van der Waals surface area contributed by atoms with Crippen LogP contribution in [0.1, 0.15) is 11.6 Å². The number of amides is 2. The van der Waals surface area contributed by atoms with Crippen LogP contribution in [-0.4, -0.2) is 76.9 Å². The van der Waals surface area contributed by atoms with Gasteiger partial charge in [0, 0.05) is 19.6 Å². The van der Waals surface area contributed by atoms with Crippen LogP contribution in [0, 0.1) is 0 Å². The van der Waals surface area contributed by atoms with Gasteiger partial charge in [0.1, 0.15) is 0 Å². The van der Waals surface area contributed by atoms with Crippen molar-refractivity contribution in [2.45, 2.75) is 6.04 Å². The molecular weight excluding hydrogens is 352 g/mol. The average Bonchev–Trinajstić information content (AvgIpc) is 2.72. The molecule has 4 N–H and O–H groups in total. The Morgan fingerprint density at radius 2 is 1.85 bits per heavy atom. The number of nitrogens with zero attached hydrogens (tertiary/aromatic N) is 1. The summed E-state index contributed by atoms with van der Waals surface area (Å²) in [5, 5.41) is 5.34. The molecule has 1 aliphatic heterocycles. The van der Waals surface area contributed by atoms with Gasteiger partial charge in [-0.25, -0.2) is 0 Å². The number of nitrogens with two attached hydrogens (primary N) is 1. The highest BCUT2D eigenvalue weighted by atomic mass is 16.5. The standard InChI is InChI=1S/C18H28N4O5/c1-25-15-4-3-13(9-16(15)26-2)14(22-5-7-27-8-6-22)11-20-18(24)12-21-17(23)10-19/h3-4,9,14H,5-8,10-12,19H2,1-2H3,(H,20,24)(H,21,23). The fraction of sp³-hybridized carbons (Fsp3) is 0.556. The molecule has 1 aromatic carbocycles. The molecule has 150 valence electrons. The predicted octanol–water partition coefficient (Wildman–Crippen LogP) is -0.732. The van der Waals surface area contributed by atoms with Gasteiger partial charge in [-0.05, 0) is 17.7 Å². The number of hydrogen-bond donors (Lipinski definition) is 3. The molecule has 9 heteroatoms. The van der Waals surface area contributed by atoms with Crippen molar-refractivity contribution < 1.29 is 23.8 Å². The Hall–Kier alpha value is -2.36. The Morgan fingerprint density at radius 1 is 1.15 bits per heavy atom. The lowest BCUT2D eigenvalue weighted by atomic mass is 10.0. The molecule has 0 spiro atoms. The van der Waals surface area contributed by atoms with E-state index in [2.05, 4.69) is 15.5 Å². The summed E-state index contributed by atoms with van der Waals surface area (Å²) in [6.07, 6.45) is 0. The first-order valence-electron chi connectivity index (χ1n) is 8.86. The van der Waals surface area contributed by atoms with Crippen molar-refractivity contribution in [2.75, 3.05) is 60.2 Å². The number of benzene rings is 1. The summed E-state index contributed by atoms with van der Waals surface area (Å²) in [5.74, 6) is 0.649. The van der Waals surface area contributed by atoms with Gasteiger partial charge in [0.15, 0.2) is 11.5 Å². The summed E-state index contributed by atoms with van der Waals surface area (Å²) < 4.78 is 16.1. The molecule has 0 saturated carbocycles. The third-order valence-corrected chi connectivity index (χ3v) is 4.40. The number of methoxy groups -OCH3 is 2. The first-order chi connectivity index (χ1) is 13.1. The van der Waals surface area contributed by atoms with Gasteiger partial charge in [-0.3, -0.25) is 14.5 Å². The topological polar surface area (TPSA) is 115 Å². The van der Waals surface area contributed by atoms with Gasteiger partial charge in [0.25, 0.3) is 0 Å². The van der Waals surface area contributed by atoms with E-state index in [0.29, 0.717) is 31.3 Å². The van der Waals surface area contributed by atoms with Crippen LogP contribution < -0.4 is 25.8 Å². The van der Waals surface area contributed by atoms with Crippen molar-refractivity contribution in [3.63, 3.8) is 0 Å². The van der Waals surface area contributed by atoms with Gasteiger partial charge < -0.3 is 30.6 Å². The monoisotopic (exact) mass is 380 g/mol. The van der Waals surface area contributed by atoms with Gasteiger partial charge in [-0.15, -0.1) is 0 Å². The number of ether oxygens (including phenoxy) is 3. The molecule has 1 unspecified atom stereocenters. The molecule has 0 aliphatic carbocycles. The molecule has 1 heterocycles. The number of morpholine rings is 1. The minimum atomic E-state index is -0.366. The van der Waals surface area contributed by atoms with E-state index in [9.17, 15) is 9.59 Å². The molecule has 1 aliphatic rings. The Labute approximate surface area is 159 Å². The quantitative estimate of drug-likeness (QED) is 0.517. The zero-order valence-electron chi connectivity index (χ0n) is 15.8. The van der Waals surface area contributed by atoms with Crippen LogP contribution in [0.2, 0.25) is 0 Å². The Bertz CT molecular complexity index is 634. The first-order valence-corrected chi connectivity index (χ1v) is 8.86. The van der Waals surface area contributed by atoms with Crippen LogP contribution in [0.4, 0.5) is 0 Å². The summed E-state index contributed by atoms with van der Waals surface area (Å²) in [4.78, 5) is 25.5. The number of nitrogens with one attached hydrogen (secondary N) is 2. The summed E-state index contributed by atoms with van der Waals surface area (Å²) in [5.41, 5.74) is 6.22. The zero-order valence-corrected chi connectivity index (χ0v) is 15.8. The third-order valence-electron chi connectivity index (χ3n) is 4.40. The van der Waals surface area contributed by atoms with Gasteiger partial charge in [0.2, 0.25) is 11.8 Å². The SMILES string of the molecule is COc1ccc(C(CNC(=O)CNC(=O)CN)N2CCOCC2)cc1OC. The summed E-state index contributed by atoms with van der Waals surface area (Å²) in [6, 6.07) is 5.68. The van der Waals surface area contributed by atoms with E-state index < -0.39 is 0 Å². The van der Waals surface area contributed by atoms with E-state index in [4.69, 9.17) is 19.9 Å². The molecular formula is C18H28N4O5. The maximum atomic E-state index is 12.1. The first kappa shape index (κ1) is 20.9. The molecule has 27 heavy (non-hydrogen) atoms. The van der Waals surface area contributed by atoms with Gasteiger partial charge in [-0.1, -0.05) is 6.07 Å². The van der Waals surface area contributed by atoms with E-state index in [1.54, 1.807) is 14.2 Å². The van der Waals surface area contributed by atoms with Gasteiger partial charge >= 0.3 is 0 Å². The van der Waals surface area contributed by atoms with E-state index >= 15 is 0 Å². The maximum absolute atomic E-state index is 12.1. The number of rotatable bonds is 9. The second kappa shape index (κ2) is 10.7. The normalized spacial score (nSPS) is 15.7. The molecule has 1 atom stereocenters. The molecule has 1 saturated heterocycles. The lowest BCUT2D eigenvalue weighted by molar-refractivity contribution is -0.125. The highest BCUT2D eigenvalue weighted by Gasteiger charge is 2.24. The molecule has 2 rings (SSSR count). The third kappa shape index (κ3) is 6.09. The molecule has 0 bridgehead atoms. The van der Waals surface area contributed by atoms with Gasteiger partial charge in [0.05, 0.1) is 46.6 Å². The van der Waals surface area contributed by atoms with Crippen LogP contribution in [0.3, 0.4) is 0 Å². The van der Waals surface area contributed by atoms with Crippen LogP contribution in [0.25, 0.3) is 0 Å². The smallest absolute Gasteiger partial charge is 0.239 e. The largest absolute Gasteiger partial charge is 0.493 e. The predicted molar refractivity (Wildman–Crippen MR) is 99.8 cm³/mol. The Kier molecular flexibility index (Phi) is 8.31. The van der Waals surface area contributed by atoms with Crippen LogP contribution in [-0.2, 0) is 14.3 Å². The van der Waals surface area contributed by atoms with E-state index in [1.807, 2.05) is 18.2 Å². The number of hydrogen-bond acceptors (Lipinski definition) is 7. The fourth-order valence-corrected chi connectivity index (χ4v) is 2.93. The second-order valence-corrected chi connectivity index (χ2v) is 6.06. The molecule has 1 fully saturated rings. The van der Waals surface area contributed by atoms with E-state index in [1.165, 1.54) is 0 Å². The van der Waals surface area contributed by atoms with Crippen molar-refractivity contribution in [1.29, 1.82) is 0 Å². The molecule has 2 amide bonds. The highest BCUT2D eigenvalue weighted by Crippen LogP contribution is 2.32. The minimum Gasteiger partial charge on any atom is -0.493 e. The summed E-state index contributed by atoms with van der Waals surface area (Å²) in [6.45, 7) is 2.96. The fourth-order valence-electron chi connectivity index (χ4n) is 2.93. The highest BCUT2D eigenvalue weighted by molar-refractivity contribution is 5.85. The minimum absolute atomic E-state index is 0.0529. The molecule has 1 aromatic rings. The lowest BCUT2D eigenvalue weighted by Gasteiger charge is -2.35. The second-order valence-electron chi connectivity index (χ2n) is 6.06. The number of carbonyl (C=O) groups is 2. The van der Waals surface area contributed by atoms with Crippen molar-refractivity contribution in [1.82, 2.24) is 15.5 Å². The van der Waals surface area contributed by atoms with Crippen molar-refractivity contribution in [3.05, 3.63) is 23.8 Å². The molecule has 0 radical (unpaired) electrons. The maximum Gasteiger partial charge on any atom is 0.239 e. The van der Waals surface area contributed by atoms with Crippen LogP contribution >= 0.6 is 0 Å².